The molecule has 0 aromatic heterocycles. The highest BCUT2D eigenvalue weighted by atomic mass is 32.2. The Kier molecular flexibility index (Phi) is 9.78. The number of para-hydroxylation sites is 1. The number of hydrogen-bond donors (Lipinski definition) is 3. The Morgan fingerprint density at radius 2 is 1.62 bits per heavy atom. The number of rotatable bonds is 3. The number of aryl methyl sites for hydroxylation is 1. The van der Waals surface area contributed by atoms with Crippen molar-refractivity contribution in [3.8, 4) is 11.5 Å². The number of Topliss-reactive ketones (excluding diaryl/α,β-unsaturated/α-hetero) is 1. The van der Waals surface area contributed by atoms with Gasteiger partial charge in [-0.05, 0) is 49.2 Å². The van der Waals surface area contributed by atoms with Crippen molar-refractivity contribution in [3.05, 3.63) is 90.0 Å². The second kappa shape index (κ2) is 12.6. The van der Waals surface area contributed by atoms with E-state index in [1.807, 2.05) is 73.7 Å². The first-order valence-electron chi connectivity index (χ1n) is 9.16. The molecule has 5 nitrogen and oxygen atoms in total. The molecule has 3 N–H and O–H groups in total. The number of fused-ring (bicyclic) bond motifs is 1. The molecule has 0 aliphatic carbocycles. The number of hydrogen-bond acceptors (Lipinski definition) is 6. The number of phenols is 1. The van der Waals surface area contributed by atoms with Crippen LogP contribution in [0.15, 0.2) is 83.8 Å². The molecule has 0 saturated heterocycles. The monoisotopic (exact) mass is 411 g/mol. The lowest BCUT2D eigenvalue weighted by molar-refractivity contribution is 0.0993. The molecule has 3 aromatic carbocycles. The summed E-state index contributed by atoms with van der Waals surface area (Å²) < 4.78 is 8.06. The molecule has 6 heteroatoms. The van der Waals surface area contributed by atoms with Crippen LogP contribution in [0.2, 0.25) is 0 Å². The van der Waals surface area contributed by atoms with E-state index in [0.29, 0.717) is 18.9 Å². The van der Waals surface area contributed by atoms with Crippen LogP contribution in [0.5, 0.6) is 11.5 Å². The van der Waals surface area contributed by atoms with Crippen LogP contribution in [0.4, 0.5) is 0 Å². The largest absolute Gasteiger partial charge is 0.508 e. The average Bonchev–Trinajstić information content (AvgIpc) is 2.76. The van der Waals surface area contributed by atoms with Crippen molar-refractivity contribution in [1.29, 1.82) is 0 Å². The molecular formula is C23H25NO4S. The molecule has 0 fully saturated rings. The van der Waals surface area contributed by atoms with Crippen LogP contribution in [-0.2, 0) is 0 Å². The minimum atomic E-state index is 0.0644. The molecule has 0 saturated carbocycles. The van der Waals surface area contributed by atoms with Gasteiger partial charge in [0.05, 0.1) is 13.2 Å². The van der Waals surface area contributed by atoms with Crippen molar-refractivity contribution < 1.29 is 19.7 Å². The van der Waals surface area contributed by atoms with Crippen molar-refractivity contribution in [3.63, 3.8) is 0 Å². The van der Waals surface area contributed by atoms with E-state index in [2.05, 4.69) is 4.72 Å². The van der Waals surface area contributed by atoms with Gasteiger partial charge in [0.15, 0.2) is 5.78 Å². The van der Waals surface area contributed by atoms with Gasteiger partial charge in [-0.2, -0.15) is 0 Å². The summed E-state index contributed by atoms with van der Waals surface area (Å²) in [5, 5.41) is 17.2. The lowest BCUT2D eigenvalue weighted by Gasteiger charge is -2.13. The maximum atomic E-state index is 11.2. The third kappa shape index (κ3) is 8.39. The van der Waals surface area contributed by atoms with Crippen LogP contribution in [0.3, 0.4) is 0 Å². The Morgan fingerprint density at radius 1 is 0.966 bits per heavy atom. The van der Waals surface area contributed by atoms with Crippen LogP contribution in [0.25, 0.3) is 0 Å². The highest BCUT2D eigenvalue weighted by Gasteiger charge is 2.15. The number of nitrogens with one attached hydrogen (secondary N) is 1. The first-order valence-corrected chi connectivity index (χ1v) is 9.98. The Hall–Kier alpha value is -2.80. The standard InChI is InChI=1S/C8H7NOS.C8H10O2.C7H8O/c10-7-5-9-11-8-4-2-1-3-6(7)8;9-6-7-10-8-4-2-1-3-5-8;1-6-2-4-7(8)5-3-6/h1-4,9H,5H2;1-5,9H,6-7H2;2-5,8H,1H3. The molecule has 152 valence electrons. The van der Waals surface area contributed by atoms with Crippen LogP contribution in [0, 0.1) is 6.92 Å². The zero-order valence-electron chi connectivity index (χ0n) is 16.2. The fraction of sp³-hybridized carbons (Fsp3) is 0.174. The molecule has 0 unspecified atom stereocenters. The van der Waals surface area contributed by atoms with Crippen LogP contribution in [0.1, 0.15) is 15.9 Å². The Balaban J connectivity index is 0.000000157. The molecule has 0 atom stereocenters. The predicted molar refractivity (Wildman–Crippen MR) is 116 cm³/mol. The zero-order chi connectivity index (χ0) is 20.9. The quantitative estimate of drug-likeness (QED) is 0.560. The number of phenolic OH excluding ortho intramolecular Hbond substituents is 1. The molecule has 3 aromatic rings. The van der Waals surface area contributed by atoms with Gasteiger partial charge in [-0.1, -0.05) is 54.1 Å². The lowest BCUT2D eigenvalue weighted by Crippen LogP contribution is -2.22. The second-order valence-electron chi connectivity index (χ2n) is 6.06. The molecule has 4 rings (SSSR count). The molecule has 1 aliphatic rings. The van der Waals surface area contributed by atoms with E-state index in [1.54, 1.807) is 12.1 Å². The number of ether oxygens (including phenoxy) is 1. The fourth-order valence-corrected chi connectivity index (χ4v) is 3.08. The molecule has 29 heavy (non-hydrogen) atoms. The SMILES string of the molecule is Cc1ccc(O)cc1.O=C1CNSc2ccccc21.OCCOc1ccccc1. The van der Waals surface area contributed by atoms with Crippen LogP contribution < -0.4 is 9.46 Å². The maximum Gasteiger partial charge on any atom is 0.178 e. The number of aliphatic hydroxyl groups is 1. The van der Waals surface area contributed by atoms with E-state index in [0.717, 1.165) is 16.2 Å². The van der Waals surface area contributed by atoms with Crippen LogP contribution >= 0.6 is 11.9 Å². The van der Waals surface area contributed by atoms with E-state index in [-0.39, 0.29) is 12.4 Å². The number of aromatic hydroxyl groups is 1. The number of carbonyl (C=O) groups excluding carboxylic acids is 1. The van der Waals surface area contributed by atoms with Crippen molar-refractivity contribution in [1.82, 2.24) is 4.72 Å². The number of ketones is 1. The molecular weight excluding hydrogens is 386 g/mol. The van der Waals surface area contributed by atoms with Gasteiger partial charge in [-0.25, -0.2) is 0 Å². The molecule has 0 spiro atoms. The van der Waals surface area contributed by atoms with Crippen molar-refractivity contribution in [2.45, 2.75) is 11.8 Å². The summed E-state index contributed by atoms with van der Waals surface area (Å²) in [6, 6.07) is 24.2. The van der Waals surface area contributed by atoms with Gasteiger partial charge >= 0.3 is 0 Å². The van der Waals surface area contributed by atoms with E-state index >= 15 is 0 Å². The summed E-state index contributed by atoms with van der Waals surface area (Å²) in [6.45, 7) is 2.86. The van der Waals surface area contributed by atoms with Gasteiger partial charge < -0.3 is 14.9 Å². The minimum absolute atomic E-state index is 0.0644. The molecule has 1 aliphatic heterocycles. The first kappa shape index (κ1) is 22.5. The summed E-state index contributed by atoms with van der Waals surface area (Å²) in [5.74, 6) is 1.31. The number of aliphatic hydroxyl groups excluding tert-OH is 1. The minimum Gasteiger partial charge on any atom is -0.508 e. The normalized spacial score (nSPS) is 11.9. The third-order valence-corrected chi connectivity index (χ3v) is 4.60. The summed E-state index contributed by atoms with van der Waals surface area (Å²) in [7, 11) is 0. The Bertz CT molecular complexity index is 849. The summed E-state index contributed by atoms with van der Waals surface area (Å²) in [4.78, 5) is 12.2. The van der Waals surface area contributed by atoms with Gasteiger partial charge in [0.1, 0.15) is 18.1 Å². The van der Waals surface area contributed by atoms with E-state index in [9.17, 15) is 4.79 Å². The second-order valence-corrected chi connectivity index (χ2v) is 7.00. The van der Waals surface area contributed by atoms with Crippen molar-refractivity contribution >= 4 is 17.7 Å². The molecule has 1 heterocycles. The smallest absolute Gasteiger partial charge is 0.178 e. The van der Waals surface area contributed by atoms with E-state index < -0.39 is 0 Å². The summed E-state index contributed by atoms with van der Waals surface area (Å²) >= 11 is 1.52. The Morgan fingerprint density at radius 3 is 2.24 bits per heavy atom. The lowest BCUT2D eigenvalue weighted by atomic mass is 10.1. The van der Waals surface area contributed by atoms with E-state index in [1.165, 1.54) is 17.5 Å². The number of benzene rings is 3. The maximum absolute atomic E-state index is 11.2. The van der Waals surface area contributed by atoms with Crippen molar-refractivity contribution in [2.24, 2.45) is 0 Å². The molecule has 0 bridgehead atoms. The topological polar surface area (TPSA) is 78.8 Å². The fourth-order valence-electron chi connectivity index (χ4n) is 2.29. The molecule has 0 radical (unpaired) electrons. The first-order chi connectivity index (χ1) is 14.1. The highest BCUT2D eigenvalue weighted by molar-refractivity contribution is 7.97. The Labute approximate surface area is 175 Å². The average molecular weight is 412 g/mol. The van der Waals surface area contributed by atoms with Gasteiger partial charge in [-0.3, -0.25) is 9.52 Å². The molecule has 0 amide bonds. The number of carbonyl (C=O) groups is 1. The van der Waals surface area contributed by atoms with Gasteiger partial charge in [0.2, 0.25) is 0 Å². The van der Waals surface area contributed by atoms with Gasteiger partial charge in [-0.15, -0.1) is 0 Å². The third-order valence-electron chi connectivity index (χ3n) is 3.74. The van der Waals surface area contributed by atoms with E-state index in [4.69, 9.17) is 14.9 Å². The zero-order valence-corrected chi connectivity index (χ0v) is 17.1. The predicted octanol–water partition coefficient (Wildman–Crippen LogP) is 4.24. The van der Waals surface area contributed by atoms with Crippen molar-refractivity contribution in [2.75, 3.05) is 19.8 Å². The highest BCUT2D eigenvalue weighted by Crippen LogP contribution is 2.23. The summed E-state index contributed by atoms with van der Waals surface area (Å²) in [5.41, 5.74) is 2.01. The van der Waals surface area contributed by atoms with Gasteiger partial charge in [0, 0.05) is 10.5 Å². The summed E-state index contributed by atoms with van der Waals surface area (Å²) in [6.07, 6.45) is 0. The van der Waals surface area contributed by atoms with Crippen LogP contribution in [-0.4, -0.2) is 35.8 Å². The van der Waals surface area contributed by atoms with Gasteiger partial charge in [0.25, 0.3) is 0 Å².